The van der Waals surface area contributed by atoms with Crippen molar-refractivity contribution in [3.8, 4) is 22.3 Å². The van der Waals surface area contributed by atoms with Gasteiger partial charge in [0.1, 0.15) is 0 Å². The van der Waals surface area contributed by atoms with Crippen molar-refractivity contribution < 1.29 is 17.4 Å². The van der Waals surface area contributed by atoms with Gasteiger partial charge >= 0.3 is 346 Å². The van der Waals surface area contributed by atoms with Crippen molar-refractivity contribution >= 4 is 43.8 Å². The van der Waals surface area contributed by atoms with Gasteiger partial charge in [0, 0.05) is 0 Å². The monoisotopic (exact) mass is 908 g/mol. The molecule has 0 heterocycles. The molecule has 0 radical (unpaired) electrons. The number of hydrogen-bond donors (Lipinski definition) is 0. The zero-order valence-corrected chi connectivity index (χ0v) is 42.1. The minimum atomic E-state index is -3.94. The van der Waals surface area contributed by atoms with Crippen LogP contribution >= 0.6 is 24.8 Å². The Labute approximate surface area is 367 Å². The SMILES string of the molecule is CC[CH2][Zr]([CH3])(=[SiH2])([CH]1C(CC2CCCCC2)=Cc2c(-c3ccc(C(C)C)cc3)cccc21)[CH]1C(CC2CCCCC2)=Cc2c(-c3ccc(C(C)C)cc3)cccc21.Cl.Cl. The first-order chi connectivity index (χ1) is 27.0. The summed E-state index contributed by atoms with van der Waals surface area (Å²) in [5, 5.41) is 0. The molecule has 4 aliphatic rings. The van der Waals surface area contributed by atoms with Gasteiger partial charge in [-0.05, 0) is 0 Å². The van der Waals surface area contributed by atoms with Crippen LogP contribution in [0.1, 0.15) is 171 Å². The minimum Gasteiger partial charge on any atom is -0.147 e. The van der Waals surface area contributed by atoms with E-state index in [1.54, 1.807) is 22.3 Å². The summed E-state index contributed by atoms with van der Waals surface area (Å²) in [4.78, 5) is 0. The molecule has 0 saturated heterocycles. The maximum atomic E-state index is 2.99. The van der Waals surface area contributed by atoms with E-state index < -0.39 is 17.4 Å². The summed E-state index contributed by atoms with van der Waals surface area (Å²) in [5.41, 5.74) is 18.7. The fourth-order valence-corrected chi connectivity index (χ4v) is 38.3. The molecular formula is C54H72Cl2SiZr. The van der Waals surface area contributed by atoms with Gasteiger partial charge in [-0.2, -0.15) is 0 Å². The predicted molar refractivity (Wildman–Crippen MR) is 260 cm³/mol. The maximum Gasteiger partial charge on any atom is -0.147 e. The quantitative estimate of drug-likeness (QED) is 0.124. The molecule has 2 fully saturated rings. The Bertz CT molecular complexity index is 2010. The zero-order chi connectivity index (χ0) is 39.1. The summed E-state index contributed by atoms with van der Waals surface area (Å²) < 4.78 is 5.57. The molecule has 0 aliphatic heterocycles. The summed E-state index contributed by atoms with van der Waals surface area (Å²) in [6, 6.07) is 34.1. The van der Waals surface area contributed by atoms with Gasteiger partial charge in [-0.15, -0.1) is 24.8 Å². The second-order valence-electron chi connectivity index (χ2n) is 20.2. The number of rotatable bonds is 12. The van der Waals surface area contributed by atoms with Gasteiger partial charge < -0.3 is 0 Å². The van der Waals surface area contributed by atoms with Crippen molar-refractivity contribution in [3.63, 3.8) is 0 Å². The van der Waals surface area contributed by atoms with E-state index in [0.717, 1.165) is 11.8 Å². The molecule has 0 nitrogen and oxygen atoms in total. The van der Waals surface area contributed by atoms with Crippen LogP contribution in [0.3, 0.4) is 0 Å². The van der Waals surface area contributed by atoms with E-state index >= 15 is 0 Å². The summed E-state index contributed by atoms with van der Waals surface area (Å²) in [7, 11) is 0. The van der Waals surface area contributed by atoms with Crippen LogP contribution in [0.5, 0.6) is 0 Å². The molecular weight excluding hydrogens is 839 g/mol. The summed E-state index contributed by atoms with van der Waals surface area (Å²) >= 11 is -3.94. The van der Waals surface area contributed by atoms with Crippen LogP contribution in [0.4, 0.5) is 0 Å². The second-order valence-corrected chi connectivity index (χ2v) is 48.6. The van der Waals surface area contributed by atoms with Crippen LogP contribution < -0.4 is 0 Å². The average molecular weight is 911 g/mol. The average Bonchev–Trinajstić information content (AvgIpc) is 3.78. The van der Waals surface area contributed by atoms with Gasteiger partial charge in [-0.3, -0.25) is 0 Å². The molecule has 4 aromatic carbocycles. The van der Waals surface area contributed by atoms with Crippen LogP contribution in [0.25, 0.3) is 34.4 Å². The molecule has 4 heteroatoms. The van der Waals surface area contributed by atoms with Crippen molar-refractivity contribution in [3.05, 3.63) is 129 Å². The molecule has 2 unspecified atom stereocenters. The molecule has 58 heavy (non-hydrogen) atoms. The third-order valence-corrected chi connectivity index (χ3v) is 38.8. The summed E-state index contributed by atoms with van der Waals surface area (Å²) in [6.07, 6.45) is 23.6. The molecule has 310 valence electrons. The Kier molecular flexibility index (Phi) is 14.9. The Morgan fingerprint density at radius 2 is 0.931 bits per heavy atom. The Morgan fingerprint density at radius 1 is 0.552 bits per heavy atom. The van der Waals surface area contributed by atoms with Gasteiger partial charge in [-0.1, -0.05) is 0 Å². The second kappa shape index (κ2) is 19.0. The van der Waals surface area contributed by atoms with Gasteiger partial charge in [0.15, 0.2) is 0 Å². The third kappa shape index (κ3) is 8.85. The fraction of sp³-hybridized carbons (Fsp3) is 0.481. The predicted octanol–water partition coefficient (Wildman–Crippen LogP) is 16.7. The number of hydrogen-bond acceptors (Lipinski definition) is 0. The molecule has 0 N–H and O–H groups in total. The molecule has 2 atom stereocenters. The van der Waals surface area contributed by atoms with Crippen LogP contribution in [0, 0.1) is 11.8 Å². The van der Waals surface area contributed by atoms with Crippen LogP contribution in [-0.2, 0) is 17.4 Å². The topological polar surface area (TPSA) is 0 Å². The summed E-state index contributed by atoms with van der Waals surface area (Å²) in [6.45, 7) is 14.4. The number of fused-ring (bicyclic) bond motifs is 2. The van der Waals surface area contributed by atoms with E-state index in [1.807, 2.05) is 11.1 Å². The van der Waals surface area contributed by atoms with Gasteiger partial charge in [0.25, 0.3) is 0 Å². The number of halogens is 2. The number of benzene rings is 4. The Morgan fingerprint density at radius 3 is 1.28 bits per heavy atom. The molecule has 0 spiro atoms. The molecule has 4 aliphatic carbocycles. The van der Waals surface area contributed by atoms with E-state index in [2.05, 4.69) is 143 Å². The molecule has 0 aromatic heterocycles. The fourth-order valence-electron chi connectivity index (χ4n) is 12.5. The zero-order valence-electron chi connectivity index (χ0n) is 36.6. The number of allylic oxidation sites excluding steroid dienone is 2. The third-order valence-electron chi connectivity index (χ3n) is 15.3. The van der Waals surface area contributed by atoms with Crippen molar-refractivity contribution in [1.82, 2.24) is 0 Å². The van der Waals surface area contributed by atoms with E-state index in [4.69, 9.17) is 0 Å². The van der Waals surface area contributed by atoms with Gasteiger partial charge in [0.2, 0.25) is 0 Å². The normalized spacial score (nSPS) is 19.9. The van der Waals surface area contributed by atoms with E-state index in [9.17, 15) is 0 Å². The largest absolute Gasteiger partial charge is 0.147 e. The van der Waals surface area contributed by atoms with E-state index in [0.29, 0.717) is 19.1 Å². The Balaban J connectivity index is 0.00000283. The first-order valence-electron chi connectivity index (χ1n) is 23.0. The van der Waals surface area contributed by atoms with Gasteiger partial charge in [-0.25, -0.2) is 0 Å². The summed E-state index contributed by atoms with van der Waals surface area (Å²) in [5.74, 6) is 2.76. The van der Waals surface area contributed by atoms with Crippen molar-refractivity contribution in [2.45, 2.75) is 146 Å². The maximum absolute atomic E-state index is 3.94. The molecule has 2 saturated carbocycles. The molecule has 0 bridgehead atoms. The molecule has 4 aromatic rings. The minimum absolute atomic E-state index is 0. The smallest absolute Gasteiger partial charge is 0.147 e. The van der Waals surface area contributed by atoms with Crippen molar-refractivity contribution in [2.24, 2.45) is 11.8 Å². The van der Waals surface area contributed by atoms with Crippen molar-refractivity contribution in [1.29, 1.82) is 0 Å². The Hall–Kier alpha value is -1.96. The van der Waals surface area contributed by atoms with Crippen LogP contribution in [-0.4, -0.2) is 6.88 Å². The first kappa shape index (κ1) is 45.6. The van der Waals surface area contributed by atoms with Crippen LogP contribution in [0.2, 0.25) is 8.76 Å². The van der Waals surface area contributed by atoms with E-state index in [1.165, 1.54) is 121 Å². The first-order valence-corrected chi connectivity index (χ1v) is 35.9. The molecule has 0 amide bonds. The van der Waals surface area contributed by atoms with Gasteiger partial charge in [0.05, 0.1) is 0 Å². The van der Waals surface area contributed by atoms with E-state index in [-0.39, 0.29) is 24.8 Å². The van der Waals surface area contributed by atoms with Crippen molar-refractivity contribution in [2.75, 3.05) is 0 Å². The molecule has 8 rings (SSSR count). The standard InChI is InChI=1S/2C25H29.C3H7.CH3.2ClH.H2Si.Zr/c2*1-18(2)21-11-13-22(14-12-21)24-10-6-9-23-16-20(17-25(23)24)15-19-7-4-3-5-8-19;1-3-2;;;;;/h2*6,9-14,16-19H,3-5,7-8,15H2,1-2H3;1,3H2,2H3;1H3;2*1H;1H2;. The van der Waals surface area contributed by atoms with Crippen LogP contribution in [0.15, 0.2) is 96.1 Å².